The van der Waals surface area contributed by atoms with Crippen molar-refractivity contribution in [1.29, 1.82) is 0 Å². The Kier molecular flexibility index (Phi) is 6.72. The van der Waals surface area contributed by atoms with Crippen LogP contribution in [0.3, 0.4) is 0 Å². The van der Waals surface area contributed by atoms with E-state index in [1.165, 1.54) is 32.1 Å². The Balaban J connectivity index is 1.85. The second-order valence-corrected chi connectivity index (χ2v) is 7.70. The van der Waals surface area contributed by atoms with Crippen LogP contribution in [0, 0.1) is 11.3 Å². The van der Waals surface area contributed by atoms with Crippen molar-refractivity contribution in [2.45, 2.75) is 71.8 Å². The van der Waals surface area contributed by atoms with Crippen LogP contribution in [-0.4, -0.2) is 37.5 Å². The molecule has 0 aliphatic heterocycles. The Morgan fingerprint density at radius 3 is 2.48 bits per heavy atom. The average molecular weight is 322 g/mol. The fraction of sp³-hybridized carbons (Fsp3) is 0.889. The van der Waals surface area contributed by atoms with Gasteiger partial charge in [-0.05, 0) is 50.4 Å². The summed E-state index contributed by atoms with van der Waals surface area (Å²) < 4.78 is 0. The van der Waals surface area contributed by atoms with Crippen molar-refractivity contribution < 1.29 is 4.79 Å². The average Bonchev–Trinajstić information content (AvgIpc) is 3.19. The topological polar surface area (TPSA) is 65.5 Å². The summed E-state index contributed by atoms with van der Waals surface area (Å²) in [6.45, 7) is 8.65. The van der Waals surface area contributed by atoms with Crippen LogP contribution in [0.15, 0.2) is 4.99 Å². The molecule has 2 rings (SSSR count). The molecule has 0 spiro atoms. The van der Waals surface area contributed by atoms with Gasteiger partial charge in [0.2, 0.25) is 5.91 Å². The SMILES string of the molecule is CCNC(=NCC(=O)NC1CC1)NCC1(CC(C)C)CCCC1. The maximum Gasteiger partial charge on any atom is 0.242 e. The molecule has 1 amide bonds. The number of aliphatic imine (C=N–C) groups is 1. The smallest absolute Gasteiger partial charge is 0.242 e. The first-order valence-corrected chi connectivity index (χ1v) is 9.34. The molecular weight excluding hydrogens is 288 g/mol. The fourth-order valence-electron chi connectivity index (χ4n) is 3.71. The van der Waals surface area contributed by atoms with Gasteiger partial charge in [-0.15, -0.1) is 0 Å². The third-order valence-electron chi connectivity index (χ3n) is 4.80. The van der Waals surface area contributed by atoms with E-state index < -0.39 is 0 Å². The van der Waals surface area contributed by atoms with Gasteiger partial charge in [0.25, 0.3) is 0 Å². The van der Waals surface area contributed by atoms with Gasteiger partial charge in [-0.1, -0.05) is 26.7 Å². The summed E-state index contributed by atoms with van der Waals surface area (Å²) >= 11 is 0. The van der Waals surface area contributed by atoms with E-state index in [4.69, 9.17) is 0 Å². The van der Waals surface area contributed by atoms with Crippen LogP contribution in [0.2, 0.25) is 0 Å². The van der Waals surface area contributed by atoms with Gasteiger partial charge in [-0.3, -0.25) is 4.79 Å². The van der Waals surface area contributed by atoms with Gasteiger partial charge in [-0.2, -0.15) is 0 Å². The molecule has 0 saturated heterocycles. The van der Waals surface area contributed by atoms with Gasteiger partial charge in [0.15, 0.2) is 5.96 Å². The van der Waals surface area contributed by atoms with E-state index >= 15 is 0 Å². The van der Waals surface area contributed by atoms with Crippen molar-refractivity contribution in [2.24, 2.45) is 16.3 Å². The lowest BCUT2D eigenvalue weighted by molar-refractivity contribution is -0.119. The highest BCUT2D eigenvalue weighted by Crippen LogP contribution is 2.42. The zero-order valence-electron chi connectivity index (χ0n) is 15.1. The maximum absolute atomic E-state index is 11.8. The second kappa shape index (κ2) is 8.55. The molecule has 0 bridgehead atoms. The lowest BCUT2D eigenvalue weighted by Crippen LogP contribution is -2.44. The van der Waals surface area contributed by atoms with E-state index in [1.807, 2.05) is 0 Å². The molecule has 0 radical (unpaired) electrons. The minimum absolute atomic E-state index is 0.0301. The van der Waals surface area contributed by atoms with Crippen molar-refractivity contribution >= 4 is 11.9 Å². The van der Waals surface area contributed by atoms with Crippen LogP contribution in [0.25, 0.3) is 0 Å². The molecule has 0 heterocycles. The van der Waals surface area contributed by atoms with Gasteiger partial charge >= 0.3 is 0 Å². The summed E-state index contributed by atoms with van der Waals surface area (Å²) in [5.74, 6) is 1.52. The normalized spacial score (nSPS) is 20.6. The molecule has 2 aliphatic carbocycles. The molecule has 0 atom stereocenters. The quantitative estimate of drug-likeness (QED) is 0.475. The first kappa shape index (κ1) is 18.1. The third-order valence-corrected chi connectivity index (χ3v) is 4.80. The van der Waals surface area contributed by atoms with Crippen LogP contribution in [0.4, 0.5) is 0 Å². The summed E-state index contributed by atoms with van der Waals surface area (Å²) in [6, 6.07) is 0.404. The minimum atomic E-state index is 0.0301. The standard InChI is InChI=1S/C18H34N4O/c1-4-19-17(20-12-16(23)22-15-7-8-15)21-13-18(11-14(2)3)9-5-6-10-18/h14-15H,4-13H2,1-3H3,(H,22,23)(H2,19,20,21). The first-order chi connectivity index (χ1) is 11.0. The Morgan fingerprint density at radius 1 is 1.22 bits per heavy atom. The second-order valence-electron chi connectivity index (χ2n) is 7.70. The predicted molar refractivity (Wildman–Crippen MR) is 95.5 cm³/mol. The van der Waals surface area contributed by atoms with Crippen molar-refractivity contribution in [3.05, 3.63) is 0 Å². The monoisotopic (exact) mass is 322 g/mol. The number of carbonyl (C=O) groups is 1. The number of guanidine groups is 1. The molecule has 0 aromatic carbocycles. The minimum Gasteiger partial charge on any atom is -0.357 e. The van der Waals surface area contributed by atoms with Crippen LogP contribution in [0.1, 0.15) is 65.7 Å². The van der Waals surface area contributed by atoms with Crippen molar-refractivity contribution in [2.75, 3.05) is 19.6 Å². The van der Waals surface area contributed by atoms with Crippen LogP contribution < -0.4 is 16.0 Å². The highest BCUT2D eigenvalue weighted by molar-refractivity contribution is 5.85. The first-order valence-electron chi connectivity index (χ1n) is 9.34. The highest BCUT2D eigenvalue weighted by atomic mass is 16.2. The van der Waals surface area contributed by atoms with Crippen molar-refractivity contribution in [3.8, 4) is 0 Å². The summed E-state index contributed by atoms with van der Waals surface area (Å²) in [6.07, 6.45) is 8.79. The Labute approximate surface area is 141 Å². The molecule has 132 valence electrons. The zero-order valence-corrected chi connectivity index (χ0v) is 15.1. The number of carbonyl (C=O) groups excluding carboxylic acids is 1. The van der Waals surface area contributed by atoms with E-state index in [0.29, 0.717) is 11.5 Å². The summed E-state index contributed by atoms with van der Waals surface area (Å²) in [7, 11) is 0. The number of nitrogens with zero attached hydrogens (tertiary/aromatic N) is 1. The molecule has 5 nitrogen and oxygen atoms in total. The number of rotatable bonds is 8. The molecule has 0 aromatic rings. The number of hydrogen-bond donors (Lipinski definition) is 3. The largest absolute Gasteiger partial charge is 0.357 e. The molecule has 3 N–H and O–H groups in total. The Hall–Kier alpha value is -1.26. The number of amides is 1. The fourth-order valence-corrected chi connectivity index (χ4v) is 3.71. The molecule has 2 fully saturated rings. The van der Waals surface area contributed by atoms with E-state index in [-0.39, 0.29) is 12.5 Å². The lowest BCUT2D eigenvalue weighted by atomic mass is 9.78. The van der Waals surface area contributed by atoms with E-state index in [2.05, 4.69) is 41.7 Å². The molecule has 0 unspecified atom stereocenters. The van der Waals surface area contributed by atoms with E-state index in [1.54, 1.807) is 0 Å². The van der Waals surface area contributed by atoms with Crippen LogP contribution in [0.5, 0.6) is 0 Å². The van der Waals surface area contributed by atoms with Gasteiger partial charge in [-0.25, -0.2) is 4.99 Å². The van der Waals surface area contributed by atoms with Crippen LogP contribution >= 0.6 is 0 Å². The van der Waals surface area contributed by atoms with Crippen molar-refractivity contribution in [3.63, 3.8) is 0 Å². The zero-order chi connectivity index (χ0) is 16.7. The summed E-state index contributed by atoms with van der Waals surface area (Å²) in [4.78, 5) is 16.2. The highest BCUT2D eigenvalue weighted by Gasteiger charge is 2.34. The Morgan fingerprint density at radius 2 is 1.91 bits per heavy atom. The van der Waals surface area contributed by atoms with Gasteiger partial charge < -0.3 is 16.0 Å². The molecule has 0 aromatic heterocycles. The lowest BCUT2D eigenvalue weighted by Gasteiger charge is -2.31. The molecular formula is C18H34N4O. The summed E-state index contributed by atoms with van der Waals surface area (Å²) in [5, 5.41) is 9.73. The Bertz CT molecular complexity index is 409. The number of hydrogen-bond acceptors (Lipinski definition) is 2. The number of nitrogens with one attached hydrogen (secondary N) is 3. The van der Waals surface area contributed by atoms with Gasteiger partial charge in [0, 0.05) is 19.1 Å². The third kappa shape index (κ3) is 6.40. The van der Waals surface area contributed by atoms with Gasteiger partial charge in [0.1, 0.15) is 6.54 Å². The molecule has 2 aliphatic rings. The molecule has 5 heteroatoms. The molecule has 23 heavy (non-hydrogen) atoms. The maximum atomic E-state index is 11.8. The molecule has 2 saturated carbocycles. The van der Waals surface area contributed by atoms with E-state index in [9.17, 15) is 4.79 Å². The summed E-state index contributed by atoms with van der Waals surface area (Å²) in [5.41, 5.74) is 0.403. The van der Waals surface area contributed by atoms with Crippen molar-refractivity contribution in [1.82, 2.24) is 16.0 Å². The predicted octanol–water partition coefficient (Wildman–Crippen LogP) is 2.43. The van der Waals surface area contributed by atoms with E-state index in [0.717, 1.165) is 37.8 Å². The van der Waals surface area contributed by atoms with Crippen LogP contribution in [-0.2, 0) is 4.79 Å². The van der Waals surface area contributed by atoms with Gasteiger partial charge in [0.05, 0.1) is 0 Å².